The van der Waals surface area contributed by atoms with Gasteiger partial charge in [0.15, 0.2) is 6.61 Å². The smallest absolute Gasteiger partial charge is 0.264 e. The number of hydrogen-bond donors (Lipinski definition) is 2. The van der Waals surface area contributed by atoms with Crippen LogP contribution in [0.4, 0.5) is 5.69 Å². The highest BCUT2D eigenvalue weighted by molar-refractivity contribution is 5.98. The normalized spacial score (nSPS) is 14.2. The molecule has 1 amide bonds. The van der Waals surface area contributed by atoms with E-state index < -0.39 is 0 Å². The van der Waals surface area contributed by atoms with Gasteiger partial charge < -0.3 is 15.4 Å². The zero-order valence-corrected chi connectivity index (χ0v) is 10.5. The Bertz CT molecular complexity index is 635. The van der Waals surface area contributed by atoms with E-state index in [1.165, 1.54) is 0 Å². The Kier molecular flexibility index (Phi) is 2.72. The number of ether oxygens (including phenoxy) is 1. The highest BCUT2D eigenvalue weighted by Gasteiger charge is 2.22. The predicted octanol–water partition coefficient (Wildman–Crippen LogP) is 0.891. The second kappa shape index (κ2) is 4.40. The fraction of sp³-hybridized carbons (Fsp3) is 0.231. The molecule has 0 fully saturated rings. The van der Waals surface area contributed by atoms with E-state index >= 15 is 0 Å². The largest absolute Gasteiger partial charge is 0.482 e. The molecule has 0 unspecified atom stereocenters. The third-order valence-electron chi connectivity index (χ3n) is 3.28. The van der Waals surface area contributed by atoms with Crippen molar-refractivity contribution in [1.82, 2.24) is 10.2 Å². The Labute approximate surface area is 110 Å². The maximum absolute atomic E-state index is 11.6. The molecule has 0 atom stereocenters. The molecular weight excluding hydrogens is 244 g/mol. The molecule has 0 saturated carbocycles. The van der Waals surface area contributed by atoms with Gasteiger partial charge in [-0.1, -0.05) is 6.07 Å². The molecule has 6 heteroatoms. The zero-order chi connectivity index (χ0) is 13.4. The number of carbonyl (C=O) groups is 1. The standard InChI is InChI=1S/C13H14N4O2/c1-17-11-4-8(9-6-15-16-10(9)5-14)2-3-12(11)19-7-13(17)18/h2-4,6H,5,7,14H2,1H3,(H,15,16). The highest BCUT2D eigenvalue weighted by atomic mass is 16.5. The number of nitrogens with one attached hydrogen (secondary N) is 1. The van der Waals surface area contributed by atoms with Crippen LogP contribution in [-0.2, 0) is 11.3 Å². The summed E-state index contributed by atoms with van der Waals surface area (Å²) in [5.41, 5.74) is 9.19. The van der Waals surface area contributed by atoms with Crippen molar-refractivity contribution >= 4 is 11.6 Å². The molecule has 1 aliphatic heterocycles. The molecule has 3 rings (SSSR count). The Morgan fingerprint density at radius 1 is 1.53 bits per heavy atom. The van der Waals surface area contributed by atoms with E-state index in [2.05, 4.69) is 10.2 Å². The molecule has 0 aliphatic carbocycles. The number of rotatable bonds is 2. The number of benzene rings is 1. The topological polar surface area (TPSA) is 84.2 Å². The molecular formula is C13H14N4O2. The van der Waals surface area contributed by atoms with Gasteiger partial charge in [0.1, 0.15) is 5.75 Å². The van der Waals surface area contributed by atoms with Gasteiger partial charge in [0.05, 0.1) is 17.6 Å². The zero-order valence-electron chi connectivity index (χ0n) is 10.5. The van der Waals surface area contributed by atoms with Crippen molar-refractivity contribution in [2.75, 3.05) is 18.6 Å². The first-order valence-electron chi connectivity index (χ1n) is 5.97. The third kappa shape index (κ3) is 1.86. The number of aromatic amines is 1. The summed E-state index contributed by atoms with van der Waals surface area (Å²) in [6.07, 6.45) is 1.73. The van der Waals surface area contributed by atoms with Crippen molar-refractivity contribution in [3.8, 4) is 16.9 Å². The van der Waals surface area contributed by atoms with Crippen molar-refractivity contribution in [1.29, 1.82) is 0 Å². The molecule has 1 aromatic carbocycles. The number of carbonyl (C=O) groups excluding carboxylic acids is 1. The summed E-state index contributed by atoms with van der Waals surface area (Å²) in [6, 6.07) is 5.71. The van der Waals surface area contributed by atoms with Gasteiger partial charge in [-0.05, 0) is 17.7 Å². The average Bonchev–Trinajstić information content (AvgIpc) is 2.91. The van der Waals surface area contributed by atoms with Crippen LogP contribution in [0.25, 0.3) is 11.1 Å². The second-order valence-corrected chi connectivity index (χ2v) is 4.39. The van der Waals surface area contributed by atoms with Crippen LogP contribution < -0.4 is 15.4 Å². The number of anilines is 1. The molecule has 1 aliphatic rings. The molecule has 0 bridgehead atoms. The maximum atomic E-state index is 11.6. The molecule has 19 heavy (non-hydrogen) atoms. The molecule has 3 N–H and O–H groups in total. The minimum atomic E-state index is -0.0594. The number of fused-ring (bicyclic) bond motifs is 1. The monoisotopic (exact) mass is 258 g/mol. The van der Waals surface area contributed by atoms with E-state index in [1.54, 1.807) is 18.1 Å². The highest BCUT2D eigenvalue weighted by Crippen LogP contribution is 2.35. The van der Waals surface area contributed by atoms with E-state index in [0.717, 1.165) is 22.5 Å². The van der Waals surface area contributed by atoms with Gasteiger partial charge >= 0.3 is 0 Å². The van der Waals surface area contributed by atoms with Crippen molar-refractivity contribution in [2.24, 2.45) is 5.73 Å². The van der Waals surface area contributed by atoms with Crippen LogP contribution in [0.5, 0.6) is 5.75 Å². The average molecular weight is 258 g/mol. The van der Waals surface area contributed by atoms with Gasteiger partial charge in [-0.15, -0.1) is 0 Å². The van der Waals surface area contributed by atoms with Gasteiger partial charge in [0.25, 0.3) is 5.91 Å². The summed E-state index contributed by atoms with van der Waals surface area (Å²) >= 11 is 0. The summed E-state index contributed by atoms with van der Waals surface area (Å²) in [7, 11) is 1.74. The number of nitrogens with zero attached hydrogens (tertiary/aromatic N) is 2. The first-order chi connectivity index (χ1) is 9.20. The fourth-order valence-electron chi connectivity index (χ4n) is 2.16. The van der Waals surface area contributed by atoms with Crippen LogP contribution in [0.15, 0.2) is 24.4 Å². The molecule has 0 radical (unpaired) electrons. The quantitative estimate of drug-likeness (QED) is 0.837. The minimum absolute atomic E-state index is 0.0594. The number of hydrogen-bond acceptors (Lipinski definition) is 4. The number of aromatic nitrogens is 2. The van der Waals surface area contributed by atoms with E-state index in [9.17, 15) is 4.79 Å². The maximum Gasteiger partial charge on any atom is 0.264 e. The first kappa shape index (κ1) is 11.7. The summed E-state index contributed by atoms with van der Waals surface area (Å²) in [6.45, 7) is 0.473. The lowest BCUT2D eigenvalue weighted by molar-refractivity contribution is -0.120. The molecule has 2 aromatic rings. The Hall–Kier alpha value is -2.34. The SMILES string of the molecule is CN1C(=O)COc2ccc(-c3cn[nH]c3CN)cc21. The Morgan fingerprint density at radius 3 is 3.16 bits per heavy atom. The van der Waals surface area contributed by atoms with E-state index in [4.69, 9.17) is 10.5 Å². The van der Waals surface area contributed by atoms with Crippen molar-refractivity contribution in [3.63, 3.8) is 0 Å². The second-order valence-electron chi connectivity index (χ2n) is 4.39. The van der Waals surface area contributed by atoms with Crippen molar-refractivity contribution < 1.29 is 9.53 Å². The Balaban J connectivity index is 2.08. The van der Waals surface area contributed by atoms with Crippen LogP contribution in [0.1, 0.15) is 5.69 Å². The lowest BCUT2D eigenvalue weighted by Crippen LogP contribution is -2.35. The van der Waals surface area contributed by atoms with Crippen LogP contribution in [-0.4, -0.2) is 29.8 Å². The van der Waals surface area contributed by atoms with E-state index in [0.29, 0.717) is 12.3 Å². The minimum Gasteiger partial charge on any atom is -0.482 e. The van der Waals surface area contributed by atoms with Crippen LogP contribution >= 0.6 is 0 Å². The summed E-state index contributed by atoms with van der Waals surface area (Å²) in [5, 5.41) is 6.87. The van der Waals surface area contributed by atoms with Gasteiger partial charge in [-0.25, -0.2) is 0 Å². The number of amides is 1. The van der Waals surface area contributed by atoms with Crippen LogP contribution in [0, 0.1) is 0 Å². The summed E-state index contributed by atoms with van der Waals surface area (Å²) in [4.78, 5) is 13.2. The predicted molar refractivity (Wildman–Crippen MR) is 70.8 cm³/mol. The lowest BCUT2D eigenvalue weighted by Gasteiger charge is -2.26. The number of H-pyrrole nitrogens is 1. The molecule has 2 heterocycles. The van der Waals surface area contributed by atoms with E-state index in [1.807, 2.05) is 18.2 Å². The number of likely N-dealkylation sites (N-methyl/N-ethyl adjacent to an activating group) is 1. The molecule has 98 valence electrons. The first-order valence-corrected chi connectivity index (χ1v) is 5.97. The number of nitrogens with two attached hydrogens (primary N) is 1. The van der Waals surface area contributed by atoms with Crippen LogP contribution in [0.2, 0.25) is 0 Å². The van der Waals surface area contributed by atoms with Gasteiger partial charge in [-0.3, -0.25) is 9.89 Å². The van der Waals surface area contributed by atoms with Crippen molar-refractivity contribution in [3.05, 3.63) is 30.1 Å². The Morgan fingerprint density at radius 2 is 2.37 bits per heavy atom. The lowest BCUT2D eigenvalue weighted by atomic mass is 10.0. The fourth-order valence-corrected chi connectivity index (χ4v) is 2.16. The molecule has 0 spiro atoms. The van der Waals surface area contributed by atoms with Gasteiger partial charge in [0, 0.05) is 19.2 Å². The third-order valence-corrected chi connectivity index (χ3v) is 3.28. The molecule has 6 nitrogen and oxygen atoms in total. The van der Waals surface area contributed by atoms with Crippen LogP contribution in [0.3, 0.4) is 0 Å². The van der Waals surface area contributed by atoms with Gasteiger partial charge in [-0.2, -0.15) is 5.10 Å². The summed E-state index contributed by atoms with van der Waals surface area (Å²) < 4.78 is 5.40. The van der Waals surface area contributed by atoms with E-state index in [-0.39, 0.29) is 12.5 Å². The molecule has 0 saturated heterocycles. The molecule has 1 aromatic heterocycles. The van der Waals surface area contributed by atoms with Crippen molar-refractivity contribution in [2.45, 2.75) is 6.54 Å². The summed E-state index contributed by atoms with van der Waals surface area (Å²) in [5.74, 6) is 0.652. The van der Waals surface area contributed by atoms with Gasteiger partial charge in [0.2, 0.25) is 0 Å².